The summed E-state index contributed by atoms with van der Waals surface area (Å²) in [5.74, 6) is 1.84. The van der Waals surface area contributed by atoms with Crippen molar-refractivity contribution >= 4 is 99.9 Å². The van der Waals surface area contributed by atoms with Gasteiger partial charge in [0.2, 0.25) is 0 Å². The standard InChI is InChI=1S/C15H14OS.C15H16S2.C15H16S.C14H14OS.C10H14S.C9H12S.C8H10S/c1-11-3-5-12(6-4-11)15(16)13-7-9-14(17-2)10-8-13;1-11-4-7-13(8-5-11)17-15-10-12(2)6-9-14(15)16-3;1-12-3-5-13(6-4-12)11-14-7-9-15(16-2)10-8-14;1-11-3-5-12(6-4-11)15-13-7-9-14(16-2)10-8-13;1-7-5-9(3)10(11-4)6-8(7)2;1-7-4-5-9(10-3)8(2)6-7;1-7-4-3-5-8(6-7)9-2/h3-10H,1-2H3;4-10H,1-3H3;3-10H,11H2,1-2H3;3-10H,1-2H3;5-6H,1-4H3;4-6H,1-3H3;3-6H,1-2H3. The maximum atomic E-state index is 12.2. The fourth-order valence-corrected chi connectivity index (χ4v) is 14.0. The van der Waals surface area contributed by atoms with Crippen LogP contribution >= 0.6 is 94.1 Å². The van der Waals surface area contributed by atoms with E-state index >= 15 is 0 Å². The van der Waals surface area contributed by atoms with E-state index < -0.39 is 0 Å². The molecule has 2 nitrogen and oxygen atoms in total. The first-order valence-corrected chi connectivity index (χ1v) is 41.1. The Kier molecular flexibility index (Phi) is 36.7. The van der Waals surface area contributed by atoms with Crippen LogP contribution in [-0.4, -0.2) is 49.6 Å². The molecule has 0 fully saturated rings. The van der Waals surface area contributed by atoms with Crippen LogP contribution in [0.2, 0.25) is 0 Å². The highest BCUT2D eigenvalue weighted by atomic mass is 32.2. The van der Waals surface area contributed by atoms with Crippen LogP contribution in [0.5, 0.6) is 11.5 Å². The molecule has 0 bridgehead atoms. The van der Waals surface area contributed by atoms with Crippen LogP contribution in [0.15, 0.2) is 287 Å². The molecule has 0 aliphatic rings. The van der Waals surface area contributed by atoms with E-state index in [1.807, 2.05) is 122 Å². The van der Waals surface area contributed by atoms with Crippen molar-refractivity contribution in [3.63, 3.8) is 0 Å². The first-order chi connectivity index (χ1) is 46.1. The first kappa shape index (κ1) is 80.4. The van der Waals surface area contributed by atoms with E-state index in [9.17, 15) is 4.79 Å². The number of thioether (sulfide) groups is 7. The Balaban J connectivity index is 0.000000205. The Morgan fingerprint density at radius 2 is 0.625 bits per heavy atom. The summed E-state index contributed by atoms with van der Waals surface area (Å²) in [5.41, 5.74) is 18.8. The van der Waals surface area contributed by atoms with Crippen molar-refractivity contribution in [2.45, 2.75) is 127 Å². The van der Waals surface area contributed by atoms with Gasteiger partial charge in [0.15, 0.2) is 5.78 Å². The zero-order valence-electron chi connectivity index (χ0n) is 59.4. The van der Waals surface area contributed by atoms with Crippen molar-refractivity contribution in [3.8, 4) is 11.5 Å². The smallest absolute Gasteiger partial charge is 0.193 e. The molecule has 0 N–H and O–H groups in total. The van der Waals surface area contributed by atoms with Gasteiger partial charge in [-0.1, -0.05) is 166 Å². The minimum absolute atomic E-state index is 0.0812. The molecule has 0 aliphatic carbocycles. The van der Waals surface area contributed by atoms with Gasteiger partial charge in [-0.2, -0.15) is 0 Å². The van der Waals surface area contributed by atoms with Crippen LogP contribution < -0.4 is 4.74 Å². The van der Waals surface area contributed by atoms with Crippen molar-refractivity contribution in [2.24, 2.45) is 0 Å². The van der Waals surface area contributed by atoms with E-state index in [-0.39, 0.29) is 5.78 Å². The second-order valence-electron chi connectivity index (χ2n) is 23.0. The van der Waals surface area contributed by atoms with Crippen LogP contribution in [0.25, 0.3) is 0 Å². The van der Waals surface area contributed by atoms with Gasteiger partial charge in [-0.05, 0) is 287 Å². The van der Waals surface area contributed by atoms with Crippen LogP contribution in [0, 0.1) is 76.2 Å². The Bertz CT molecular complexity index is 3960. The van der Waals surface area contributed by atoms with Gasteiger partial charge in [0.25, 0.3) is 0 Å². The second-order valence-corrected chi connectivity index (χ2v) is 30.2. The molecular formula is C86H96O2S8. The zero-order valence-corrected chi connectivity index (χ0v) is 65.9. The molecule has 0 unspecified atom stereocenters. The maximum Gasteiger partial charge on any atom is 0.193 e. The first-order valence-electron chi connectivity index (χ1n) is 31.7. The molecule has 0 spiro atoms. The summed E-state index contributed by atoms with van der Waals surface area (Å²) in [6.45, 7) is 23.3. The molecule has 0 atom stereocenters. The van der Waals surface area contributed by atoms with E-state index in [0.717, 1.165) is 29.0 Å². The van der Waals surface area contributed by atoms with E-state index in [2.05, 4.69) is 264 Å². The van der Waals surface area contributed by atoms with Crippen molar-refractivity contribution in [3.05, 3.63) is 326 Å². The minimum atomic E-state index is 0.0812. The number of ketones is 1. The average Bonchev–Trinajstić information content (AvgIpc) is 1.02. The molecule has 10 heteroatoms. The third kappa shape index (κ3) is 29.4. The van der Waals surface area contributed by atoms with E-state index in [1.165, 1.54) is 116 Å². The Labute approximate surface area is 612 Å². The molecule has 96 heavy (non-hydrogen) atoms. The lowest BCUT2D eigenvalue weighted by Gasteiger charge is -2.08. The van der Waals surface area contributed by atoms with Gasteiger partial charge in [-0.3, -0.25) is 4.79 Å². The quantitative estimate of drug-likeness (QED) is 0.0730. The van der Waals surface area contributed by atoms with Gasteiger partial charge in [0.1, 0.15) is 11.5 Å². The molecule has 0 heterocycles. The molecule has 11 aromatic carbocycles. The lowest BCUT2D eigenvalue weighted by molar-refractivity contribution is 0.103. The van der Waals surface area contributed by atoms with Crippen LogP contribution in [0.1, 0.15) is 88.2 Å². The van der Waals surface area contributed by atoms with Crippen LogP contribution in [-0.2, 0) is 6.42 Å². The summed E-state index contributed by atoms with van der Waals surface area (Å²) in [6, 6.07) is 84.0. The van der Waals surface area contributed by atoms with Crippen LogP contribution in [0.4, 0.5) is 0 Å². The predicted octanol–water partition coefficient (Wildman–Crippen LogP) is 27.0. The molecular weight excluding hydrogens is 1320 g/mol. The topological polar surface area (TPSA) is 26.3 Å². The number of benzene rings is 11. The number of rotatable bonds is 15. The molecule has 0 radical (unpaired) electrons. The summed E-state index contributed by atoms with van der Waals surface area (Å²) in [5, 5.41) is 0. The van der Waals surface area contributed by atoms with Crippen molar-refractivity contribution < 1.29 is 9.53 Å². The van der Waals surface area contributed by atoms with Gasteiger partial charge < -0.3 is 4.74 Å². The van der Waals surface area contributed by atoms with Crippen molar-refractivity contribution in [1.82, 2.24) is 0 Å². The Morgan fingerprint density at radius 1 is 0.271 bits per heavy atom. The van der Waals surface area contributed by atoms with Gasteiger partial charge in [0.05, 0.1) is 0 Å². The summed E-state index contributed by atoms with van der Waals surface area (Å²) in [6.07, 6.45) is 15.7. The number of aryl methyl sites for hydroxylation is 11. The second kappa shape index (κ2) is 43.9. The Morgan fingerprint density at radius 3 is 1.08 bits per heavy atom. The fraction of sp³-hybridized carbons (Fsp3) is 0.221. The maximum absolute atomic E-state index is 12.2. The monoisotopic (exact) mass is 1420 g/mol. The number of carbonyl (C=O) groups excluding carboxylic acids is 1. The highest BCUT2D eigenvalue weighted by Crippen LogP contribution is 2.36. The van der Waals surface area contributed by atoms with E-state index in [4.69, 9.17) is 4.74 Å². The summed E-state index contributed by atoms with van der Waals surface area (Å²) < 4.78 is 5.72. The molecule has 11 rings (SSSR count). The lowest BCUT2D eigenvalue weighted by atomic mass is 10.0. The molecule has 0 aliphatic heterocycles. The lowest BCUT2D eigenvalue weighted by Crippen LogP contribution is -2.00. The molecule has 0 saturated heterocycles. The average molecular weight is 1420 g/mol. The highest BCUT2D eigenvalue weighted by molar-refractivity contribution is 8.02. The third-order valence-electron chi connectivity index (χ3n) is 15.0. The van der Waals surface area contributed by atoms with Gasteiger partial charge in [-0.25, -0.2) is 0 Å². The summed E-state index contributed by atoms with van der Waals surface area (Å²) in [7, 11) is 0. The number of ether oxygens (including phenoxy) is 1. The number of carbonyl (C=O) groups is 1. The van der Waals surface area contributed by atoms with Gasteiger partial charge in [0, 0.05) is 55.2 Å². The summed E-state index contributed by atoms with van der Waals surface area (Å²) >= 11 is 14.2. The number of hydrogen-bond donors (Lipinski definition) is 0. The normalized spacial score (nSPS) is 10.2. The largest absolute Gasteiger partial charge is 0.457 e. The highest BCUT2D eigenvalue weighted by Gasteiger charge is 2.09. The molecule has 0 amide bonds. The number of hydrogen-bond acceptors (Lipinski definition) is 10. The van der Waals surface area contributed by atoms with Crippen LogP contribution in [0.3, 0.4) is 0 Å². The Hall–Kier alpha value is -6.31. The summed E-state index contributed by atoms with van der Waals surface area (Å²) in [4.78, 5) is 24.0. The SMILES string of the molecule is CSc1cc(C)c(C)cc1C.CSc1ccc(C(=O)c2ccc(C)cc2)cc1.CSc1ccc(C)cc1C.CSc1ccc(C)cc1Sc1ccc(C)cc1.CSc1ccc(Cc2ccc(C)cc2)cc1.CSc1ccc(Oc2ccc(C)cc2)cc1.CSc1cccc(C)c1. The molecule has 0 aromatic heterocycles. The van der Waals surface area contributed by atoms with Crippen molar-refractivity contribution in [1.29, 1.82) is 0 Å². The van der Waals surface area contributed by atoms with Gasteiger partial charge in [-0.15, -0.1) is 82.3 Å². The minimum Gasteiger partial charge on any atom is -0.457 e. The van der Waals surface area contributed by atoms with Gasteiger partial charge >= 0.3 is 0 Å². The van der Waals surface area contributed by atoms with E-state index in [0.29, 0.717) is 0 Å². The fourth-order valence-electron chi connectivity index (χ4n) is 9.21. The molecule has 500 valence electrons. The predicted molar refractivity (Wildman–Crippen MR) is 436 cm³/mol. The third-order valence-corrected chi connectivity index (χ3v) is 21.7. The molecule has 11 aromatic rings. The molecule has 0 saturated carbocycles. The van der Waals surface area contributed by atoms with E-state index in [1.54, 1.807) is 70.6 Å². The van der Waals surface area contributed by atoms with Crippen molar-refractivity contribution in [2.75, 3.05) is 43.8 Å². The zero-order chi connectivity index (χ0) is 69.9.